The van der Waals surface area contributed by atoms with E-state index in [1.165, 1.54) is 28.0 Å². The van der Waals surface area contributed by atoms with E-state index in [4.69, 9.17) is 0 Å². The molecule has 20 heavy (non-hydrogen) atoms. The zero-order valence-corrected chi connectivity index (χ0v) is 13.7. The smallest absolute Gasteiger partial charge is 0.0483 e. The molecule has 0 fully saturated rings. The van der Waals surface area contributed by atoms with Gasteiger partial charge in [-0.1, -0.05) is 32.9 Å². The summed E-state index contributed by atoms with van der Waals surface area (Å²) in [7, 11) is 0. The van der Waals surface area contributed by atoms with Gasteiger partial charge in [0.25, 0.3) is 0 Å². The third-order valence-electron chi connectivity index (χ3n) is 3.45. The van der Waals surface area contributed by atoms with E-state index in [-0.39, 0.29) is 0 Å². The number of aromatic nitrogens is 1. The normalized spacial score (nSPS) is 11.6. The van der Waals surface area contributed by atoms with E-state index in [1.54, 1.807) is 0 Å². The van der Waals surface area contributed by atoms with Crippen LogP contribution in [0.4, 0.5) is 0 Å². The zero-order chi connectivity index (χ0) is 14.4. The highest BCUT2D eigenvalue weighted by Gasteiger charge is 2.05. The molecule has 0 radical (unpaired) electrons. The average Bonchev–Trinajstić information content (AvgIpc) is 2.83. The van der Waals surface area contributed by atoms with Crippen LogP contribution in [-0.2, 0) is 13.1 Å². The highest BCUT2D eigenvalue weighted by molar-refractivity contribution is 7.99. The van der Waals surface area contributed by atoms with Crippen molar-refractivity contribution in [2.24, 2.45) is 5.92 Å². The van der Waals surface area contributed by atoms with Crippen LogP contribution in [0.15, 0.2) is 30.5 Å². The highest BCUT2D eigenvalue weighted by Crippen LogP contribution is 2.21. The zero-order valence-electron chi connectivity index (χ0n) is 12.9. The van der Waals surface area contributed by atoms with Gasteiger partial charge in [-0.2, -0.15) is 11.8 Å². The van der Waals surface area contributed by atoms with Crippen LogP contribution in [0.3, 0.4) is 0 Å². The minimum atomic E-state index is 0.699. The van der Waals surface area contributed by atoms with Crippen LogP contribution in [0.2, 0.25) is 0 Å². The number of fused-ring (bicyclic) bond motifs is 1. The molecule has 0 spiro atoms. The molecule has 0 aliphatic carbocycles. The first kappa shape index (κ1) is 15.5. The van der Waals surface area contributed by atoms with E-state index in [0.717, 1.165) is 19.6 Å². The molecule has 0 saturated carbocycles. The Morgan fingerprint density at radius 2 is 2.10 bits per heavy atom. The lowest BCUT2D eigenvalue weighted by Gasteiger charge is -2.09. The number of nitrogens with one attached hydrogen (secondary N) is 1. The largest absolute Gasteiger partial charge is 0.347 e. The van der Waals surface area contributed by atoms with Gasteiger partial charge in [0.1, 0.15) is 0 Å². The molecule has 1 aromatic carbocycles. The van der Waals surface area contributed by atoms with E-state index < -0.39 is 0 Å². The quantitative estimate of drug-likeness (QED) is 0.736. The van der Waals surface area contributed by atoms with Gasteiger partial charge in [-0.15, -0.1) is 0 Å². The molecule has 0 saturated heterocycles. The Balaban J connectivity index is 2.08. The average molecular weight is 290 g/mol. The maximum Gasteiger partial charge on any atom is 0.0483 e. The molecule has 1 N–H and O–H groups in total. The monoisotopic (exact) mass is 290 g/mol. The number of rotatable bonds is 8. The number of nitrogens with zero attached hydrogens (tertiary/aromatic N) is 1. The second-order valence-electron chi connectivity index (χ2n) is 5.58. The summed E-state index contributed by atoms with van der Waals surface area (Å²) in [6.45, 7) is 9.85. The standard InChI is InChI=1S/C17H26N2S/c1-4-20-11-10-19-9-8-16-15(6-5-7-17(16)19)13-18-12-14(2)3/h5-9,14,18H,4,10-13H2,1-3H3. The Morgan fingerprint density at radius 1 is 1.25 bits per heavy atom. The minimum Gasteiger partial charge on any atom is -0.347 e. The molecule has 1 heterocycles. The predicted octanol–water partition coefficient (Wildman–Crippen LogP) is 4.14. The number of benzene rings is 1. The summed E-state index contributed by atoms with van der Waals surface area (Å²) in [5, 5.41) is 4.94. The fourth-order valence-corrected chi connectivity index (χ4v) is 3.05. The Morgan fingerprint density at radius 3 is 2.85 bits per heavy atom. The second kappa shape index (κ2) is 7.75. The van der Waals surface area contributed by atoms with Crippen LogP contribution in [-0.4, -0.2) is 22.6 Å². The molecule has 110 valence electrons. The first-order valence-electron chi connectivity index (χ1n) is 7.57. The molecule has 2 nitrogen and oxygen atoms in total. The maximum absolute atomic E-state index is 3.54. The number of hydrogen-bond acceptors (Lipinski definition) is 2. The van der Waals surface area contributed by atoms with Crippen molar-refractivity contribution in [3.63, 3.8) is 0 Å². The van der Waals surface area contributed by atoms with Gasteiger partial charge < -0.3 is 9.88 Å². The first-order chi connectivity index (χ1) is 9.72. The van der Waals surface area contributed by atoms with E-state index in [2.05, 4.69) is 61.1 Å². The summed E-state index contributed by atoms with van der Waals surface area (Å²) in [6, 6.07) is 8.91. The fraction of sp³-hybridized carbons (Fsp3) is 0.529. The van der Waals surface area contributed by atoms with Crippen molar-refractivity contribution in [3.05, 3.63) is 36.0 Å². The van der Waals surface area contributed by atoms with E-state index in [9.17, 15) is 0 Å². The van der Waals surface area contributed by atoms with Crippen molar-refractivity contribution < 1.29 is 0 Å². The van der Waals surface area contributed by atoms with E-state index in [1.807, 2.05) is 11.8 Å². The summed E-state index contributed by atoms with van der Waals surface area (Å²) in [4.78, 5) is 0. The fourth-order valence-electron chi connectivity index (χ4n) is 2.44. The van der Waals surface area contributed by atoms with Crippen LogP contribution < -0.4 is 5.32 Å². The Hall–Kier alpha value is -0.930. The molecule has 2 aromatic rings. The predicted molar refractivity (Wildman–Crippen MR) is 91.5 cm³/mol. The van der Waals surface area contributed by atoms with Crippen LogP contribution >= 0.6 is 11.8 Å². The summed E-state index contributed by atoms with van der Waals surface area (Å²) in [6.07, 6.45) is 2.23. The molecule has 0 bridgehead atoms. The van der Waals surface area contributed by atoms with Crippen molar-refractivity contribution in [1.82, 2.24) is 9.88 Å². The van der Waals surface area contributed by atoms with Crippen molar-refractivity contribution in [2.75, 3.05) is 18.1 Å². The number of aryl methyl sites for hydroxylation is 1. The van der Waals surface area contributed by atoms with Gasteiger partial charge >= 0.3 is 0 Å². The van der Waals surface area contributed by atoms with Gasteiger partial charge in [0, 0.05) is 35.9 Å². The SMILES string of the molecule is CCSCCn1ccc2c(CNCC(C)C)cccc21. The lowest BCUT2D eigenvalue weighted by molar-refractivity contribution is 0.553. The number of hydrogen-bond donors (Lipinski definition) is 1. The third-order valence-corrected chi connectivity index (χ3v) is 4.33. The second-order valence-corrected chi connectivity index (χ2v) is 6.97. The lowest BCUT2D eigenvalue weighted by atomic mass is 10.1. The molecule has 0 amide bonds. The Bertz CT molecular complexity index is 531. The van der Waals surface area contributed by atoms with Crippen LogP contribution in [0.1, 0.15) is 26.3 Å². The Kier molecular flexibility index (Phi) is 5.99. The van der Waals surface area contributed by atoms with Crippen molar-refractivity contribution >= 4 is 22.7 Å². The summed E-state index contributed by atoms with van der Waals surface area (Å²) < 4.78 is 2.38. The molecule has 0 aliphatic heterocycles. The molecule has 0 unspecified atom stereocenters. The van der Waals surface area contributed by atoms with Crippen LogP contribution in [0.25, 0.3) is 10.9 Å². The van der Waals surface area contributed by atoms with Gasteiger partial charge in [0.2, 0.25) is 0 Å². The van der Waals surface area contributed by atoms with Crippen LogP contribution in [0, 0.1) is 5.92 Å². The van der Waals surface area contributed by atoms with Gasteiger partial charge in [0.15, 0.2) is 0 Å². The first-order valence-corrected chi connectivity index (χ1v) is 8.73. The summed E-state index contributed by atoms with van der Waals surface area (Å²) in [5.41, 5.74) is 2.77. The summed E-state index contributed by atoms with van der Waals surface area (Å²) in [5.74, 6) is 3.09. The molecule has 1 aromatic heterocycles. The molecular formula is C17H26N2S. The topological polar surface area (TPSA) is 17.0 Å². The van der Waals surface area contributed by atoms with E-state index in [0.29, 0.717) is 5.92 Å². The molecule has 0 aliphatic rings. The van der Waals surface area contributed by atoms with Crippen molar-refractivity contribution in [2.45, 2.75) is 33.9 Å². The molecular weight excluding hydrogens is 264 g/mol. The van der Waals surface area contributed by atoms with E-state index >= 15 is 0 Å². The third kappa shape index (κ3) is 4.03. The molecule has 0 atom stereocenters. The molecule has 3 heteroatoms. The molecule has 2 rings (SSSR count). The van der Waals surface area contributed by atoms with Gasteiger partial charge in [-0.05, 0) is 35.9 Å². The number of thioether (sulfide) groups is 1. The highest BCUT2D eigenvalue weighted by atomic mass is 32.2. The summed E-state index contributed by atoms with van der Waals surface area (Å²) >= 11 is 2.00. The lowest BCUT2D eigenvalue weighted by Crippen LogP contribution is -2.19. The van der Waals surface area contributed by atoms with Crippen LogP contribution in [0.5, 0.6) is 0 Å². The minimum absolute atomic E-state index is 0.699. The maximum atomic E-state index is 3.54. The van der Waals surface area contributed by atoms with Gasteiger partial charge in [0.05, 0.1) is 0 Å². The van der Waals surface area contributed by atoms with Crippen molar-refractivity contribution in [1.29, 1.82) is 0 Å². The Labute approximate surface area is 126 Å². The van der Waals surface area contributed by atoms with Crippen molar-refractivity contribution in [3.8, 4) is 0 Å². The van der Waals surface area contributed by atoms with Gasteiger partial charge in [-0.25, -0.2) is 0 Å². The van der Waals surface area contributed by atoms with Gasteiger partial charge in [-0.3, -0.25) is 0 Å².